The molecule has 0 N–H and O–H groups in total. The third kappa shape index (κ3) is 4.71. The number of hydrogen-bond donors (Lipinski definition) is 0. The summed E-state index contributed by atoms with van der Waals surface area (Å²) in [6, 6.07) is 28.9. The van der Waals surface area contributed by atoms with Crippen molar-refractivity contribution >= 4 is 29.6 Å². The van der Waals surface area contributed by atoms with Crippen molar-refractivity contribution in [2.24, 2.45) is 5.41 Å². The van der Waals surface area contributed by atoms with Crippen LogP contribution in [0.3, 0.4) is 0 Å². The van der Waals surface area contributed by atoms with Gasteiger partial charge in [0.25, 0.3) is 0 Å². The molecule has 0 saturated carbocycles. The number of rotatable bonds is 8. The second kappa shape index (κ2) is 9.41. The fourth-order valence-electron chi connectivity index (χ4n) is 3.78. The Labute approximate surface area is 180 Å². The van der Waals surface area contributed by atoms with Crippen LogP contribution in [0.4, 0.5) is 0 Å². The topological polar surface area (TPSA) is 34.1 Å². The summed E-state index contributed by atoms with van der Waals surface area (Å²) < 4.78 is 14.5. The van der Waals surface area contributed by atoms with Gasteiger partial charge in [0.2, 0.25) is 0 Å². The van der Waals surface area contributed by atoms with E-state index < -0.39 is 18.2 Å². The largest absolute Gasteiger partial charge is 0.313 e. The summed E-state index contributed by atoms with van der Waals surface area (Å²) in [5, 5.41) is 1.46. The van der Waals surface area contributed by atoms with E-state index in [4.69, 9.17) is 0 Å². The number of ketones is 1. The van der Waals surface area contributed by atoms with Gasteiger partial charge in [0, 0.05) is 16.0 Å². The van der Waals surface area contributed by atoms with Crippen LogP contribution >= 0.6 is 7.14 Å². The highest BCUT2D eigenvalue weighted by Crippen LogP contribution is 2.51. The first-order valence-corrected chi connectivity index (χ1v) is 12.1. The highest BCUT2D eigenvalue weighted by molar-refractivity contribution is 7.80. The van der Waals surface area contributed by atoms with Crippen molar-refractivity contribution < 1.29 is 9.36 Å². The summed E-state index contributed by atoms with van der Waals surface area (Å²) in [7, 11) is -3.13. The standard InChI is InChI=1S/C27H29O2P/c1-22(26(28)27(2,3)21-13-16-23-14-7-4-8-15-23)30(29,24-17-9-5-10-18-24)25-19-11-6-12-20-25/h4-20,22H,21H2,1-3H3/b16-13+. The Morgan fingerprint density at radius 1 is 0.833 bits per heavy atom. The van der Waals surface area contributed by atoms with Gasteiger partial charge in [-0.2, -0.15) is 0 Å². The second-order valence-corrected chi connectivity index (χ2v) is 11.4. The van der Waals surface area contributed by atoms with Crippen molar-refractivity contribution in [1.82, 2.24) is 0 Å². The molecule has 3 rings (SSSR count). The molecule has 0 aromatic heterocycles. The average Bonchev–Trinajstić information content (AvgIpc) is 2.79. The SMILES string of the molecule is CC(C(=O)C(C)(C)C/C=C/c1ccccc1)P(=O)(c1ccccc1)c1ccccc1. The van der Waals surface area contributed by atoms with E-state index in [0.29, 0.717) is 6.42 Å². The predicted octanol–water partition coefficient (Wildman–Crippen LogP) is 6.09. The third-order valence-corrected chi connectivity index (χ3v) is 9.07. The zero-order valence-corrected chi connectivity index (χ0v) is 18.8. The van der Waals surface area contributed by atoms with Gasteiger partial charge in [-0.3, -0.25) is 4.79 Å². The van der Waals surface area contributed by atoms with E-state index in [2.05, 4.69) is 0 Å². The molecule has 0 bridgehead atoms. The Balaban J connectivity index is 1.90. The van der Waals surface area contributed by atoms with Gasteiger partial charge in [-0.1, -0.05) is 117 Å². The van der Waals surface area contributed by atoms with Crippen LogP contribution in [0.1, 0.15) is 32.8 Å². The van der Waals surface area contributed by atoms with Crippen LogP contribution in [0.15, 0.2) is 97.1 Å². The molecule has 0 fully saturated rings. The summed E-state index contributed by atoms with van der Waals surface area (Å²) in [5.74, 6) is 0.0243. The first-order chi connectivity index (χ1) is 14.4. The third-order valence-electron chi connectivity index (χ3n) is 5.61. The minimum atomic E-state index is -3.13. The van der Waals surface area contributed by atoms with Crippen LogP contribution in [-0.2, 0) is 9.36 Å². The van der Waals surface area contributed by atoms with E-state index in [1.54, 1.807) is 0 Å². The molecule has 0 radical (unpaired) electrons. The molecule has 1 atom stereocenters. The molecule has 0 amide bonds. The number of Topliss-reactive ketones (excluding diaryl/α,β-unsaturated/α-hetero) is 1. The number of carbonyl (C=O) groups is 1. The van der Waals surface area contributed by atoms with Gasteiger partial charge in [0.15, 0.2) is 7.14 Å². The van der Waals surface area contributed by atoms with Gasteiger partial charge >= 0.3 is 0 Å². The molecule has 1 unspecified atom stereocenters. The quantitative estimate of drug-likeness (QED) is 0.417. The first kappa shape index (κ1) is 22.0. The van der Waals surface area contributed by atoms with Crippen LogP contribution < -0.4 is 10.6 Å². The molecule has 3 heteroatoms. The number of carbonyl (C=O) groups excluding carboxylic acids is 1. The maximum atomic E-state index is 14.5. The van der Waals surface area contributed by atoms with Gasteiger partial charge in [0.05, 0.1) is 5.66 Å². The van der Waals surface area contributed by atoms with E-state index in [-0.39, 0.29) is 5.78 Å². The Morgan fingerprint density at radius 2 is 1.27 bits per heavy atom. The molecule has 30 heavy (non-hydrogen) atoms. The monoisotopic (exact) mass is 416 g/mol. The Bertz CT molecular complexity index is 994. The van der Waals surface area contributed by atoms with Crippen LogP contribution in [0, 0.1) is 5.41 Å². The molecule has 0 aliphatic rings. The Hall–Kier alpha value is -2.70. The van der Waals surface area contributed by atoms with E-state index >= 15 is 0 Å². The molecule has 0 spiro atoms. The van der Waals surface area contributed by atoms with Crippen LogP contribution in [0.25, 0.3) is 6.08 Å². The van der Waals surface area contributed by atoms with Gasteiger partial charge in [-0.25, -0.2) is 0 Å². The summed E-state index contributed by atoms with van der Waals surface area (Å²) in [6.07, 6.45) is 4.66. The lowest BCUT2D eigenvalue weighted by Gasteiger charge is -2.31. The molecular weight excluding hydrogens is 387 g/mol. The minimum absolute atomic E-state index is 0.0243. The summed E-state index contributed by atoms with van der Waals surface area (Å²) in [5.41, 5.74) is -0.125. The summed E-state index contributed by atoms with van der Waals surface area (Å²) in [6.45, 7) is 5.72. The smallest absolute Gasteiger partial charge is 0.153 e. The van der Waals surface area contributed by atoms with Gasteiger partial charge in [-0.05, 0) is 18.9 Å². The lowest BCUT2D eigenvalue weighted by molar-refractivity contribution is -0.126. The fraction of sp³-hybridized carbons (Fsp3) is 0.222. The summed E-state index contributed by atoms with van der Waals surface area (Å²) >= 11 is 0. The van der Waals surface area contributed by atoms with E-state index in [1.165, 1.54) is 0 Å². The molecule has 3 aromatic carbocycles. The van der Waals surface area contributed by atoms with Gasteiger partial charge < -0.3 is 4.57 Å². The van der Waals surface area contributed by atoms with Crippen LogP contribution in [0.5, 0.6) is 0 Å². The lowest BCUT2D eigenvalue weighted by atomic mass is 9.83. The van der Waals surface area contributed by atoms with Gasteiger partial charge in [0.1, 0.15) is 5.78 Å². The molecule has 2 nitrogen and oxygen atoms in total. The molecule has 0 aliphatic carbocycles. The average molecular weight is 417 g/mol. The number of hydrogen-bond acceptors (Lipinski definition) is 2. The van der Waals surface area contributed by atoms with Crippen molar-refractivity contribution in [3.63, 3.8) is 0 Å². The highest BCUT2D eigenvalue weighted by Gasteiger charge is 2.42. The molecule has 154 valence electrons. The predicted molar refractivity (Wildman–Crippen MR) is 128 cm³/mol. The highest BCUT2D eigenvalue weighted by atomic mass is 31.2. The number of benzene rings is 3. The molecule has 0 saturated heterocycles. The second-order valence-electron chi connectivity index (χ2n) is 8.27. The fourth-order valence-corrected chi connectivity index (χ4v) is 6.88. The lowest BCUT2D eigenvalue weighted by Crippen LogP contribution is -2.37. The minimum Gasteiger partial charge on any atom is -0.313 e. The van der Waals surface area contributed by atoms with Gasteiger partial charge in [-0.15, -0.1) is 0 Å². The van der Waals surface area contributed by atoms with Crippen molar-refractivity contribution in [2.75, 3.05) is 0 Å². The van der Waals surface area contributed by atoms with E-state index in [1.807, 2.05) is 124 Å². The molecular formula is C27H29O2P. The van der Waals surface area contributed by atoms with E-state index in [0.717, 1.165) is 16.2 Å². The molecule has 3 aromatic rings. The molecule has 0 heterocycles. The zero-order valence-electron chi connectivity index (χ0n) is 17.9. The van der Waals surface area contributed by atoms with Crippen molar-refractivity contribution in [3.05, 3.63) is 103 Å². The number of allylic oxidation sites excluding steroid dienone is 1. The molecule has 0 aliphatic heterocycles. The zero-order chi connectivity index (χ0) is 21.6. The van der Waals surface area contributed by atoms with E-state index in [9.17, 15) is 9.36 Å². The Kier molecular flexibility index (Phi) is 6.90. The van der Waals surface area contributed by atoms with Crippen molar-refractivity contribution in [2.45, 2.75) is 32.9 Å². The maximum Gasteiger partial charge on any atom is 0.153 e. The van der Waals surface area contributed by atoms with Crippen molar-refractivity contribution in [1.29, 1.82) is 0 Å². The van der Waals surface area contributed by atoms with Crippen molar-refractivity contribution in [3.8, 4) is 0 Å². The normalized spacial score (nSPS) is 13.3. The van der Waals surface area contributed by atoms with Crippen LogP contribution in [0.2, 0.25) is 0 Å². The first-order valence-electron chi connectivity index (χ1n) is 10.3. The Morgan fingerprint density at radius 3 is 1.73 bits per heavy atom. The van der Waals surface area contributed by atoms with Crippen LogP contribution in [-0.4, -0.2) is 11.4 Å². The summed E-state index contributed by atoms with van der Waals surface area (Å²) in [4.78, 5) is 13.6. The maximum absolute atomic E-state index is 14.5.